The number of nitrogens with one attached hydrogen (secondary N) is 3. The van der Waals surface area contributed by atoms with Crippen LogP contribution in [-0.4, -0.2) is 65.1 Å². The van der Waals surface area contributed by atoms with Gasteiger partial charge in [0.15, 0.2) is 11.8 Å². The first kappa shape index (κ1) is 26.7. The number of aromatic amines is 1. The number of alkyl halides is 3. The van der Waals surface area contributed by atoms with E-state index in [4.69, 9.17) is 5.73 Å². The zero-order chi connectivity index (χ0) is 27.3. The Hall–Kier alpha value is -4.32. The van der Waals surface area contributed by atoms with Crippen molar-refractivity contribution in [2.24, 2.45) is 15.7 Å². The van der Waals surface area contributed by atoms with Gasteiger partial charge in [-0.1, -0.05) is 36.9 Å². The Labute approximate surface area is 219 Å². The lowest BCUT2D eigenvalue weighted by Gasteiger charge is -2.33. The number of para-hydroxylation sites is 1. The molecule has 1 aromatic heterocycles. The Morgan fingerprint density at radius 2 is 1.74 bits per heavy atom. The number of aliphatic imine (C=N–C) groups is 2. The van der Waals surface area contributed by atoms with Crippen LogP contribution in [0.5, 0.6) is 0 Å². The Kier molecular flexibility index (Phi) is 8.01. The second-order valence-electron chi connectivity index (χ2n) is 8.91. The highest BCUT2D eigenvalue weighted by Crippen LogP contribution is 2.33. The van der Waals surface area contributed by atoms with E-state index in [1.807, 2.05) is 35.2 Å². The molecule has 0 atom stereocenters. The number of rotatable bonds is 5. The minimum absolute atomic E-state index is 0.212. The number of likely N-dealkylation sites (N-methyl/N-ethyl adjacent to an activating group) is 1. The third-order valence-electron chi connectivity index (χ3n) is 6.07. The summed E-state index contributed by atoms with van der Waals surface area (Å²) in [5.41, 5.74) is 7.75. The Balaban J connectivity index is 1.55. The molecule has 0 spiro atoms. The van der Waals surface area contributed by atoms with E-state index in [1.54, 1.807) is 13.0 Å². The Bertz CT molecular complexity index is 1320. The van der Waals surface area contributed by atoms with Crippen molar-refractivity contribution >= 4 is 23.4 Å². The molecule has 4 rings (SSSR count). The maximum absolute atomic E-state index is 13.2. The van der Waals surface area contributed by atoms with E-state index in [-0.39, 0.29) is 11.8 Å². The highest BCUT2D eigenvalue weighted by molar-refractivity contribution is 6.02. The summed E-state index contributed by atoms with van der Waals surface area (Å²) >= 11 is 0. The Morgan fingerprint density at radius 1 is 1.03 bits per heavy atom. The first-order valence-corrected chi connectivity index (χ1v) is 12.0. The summed E-state index contributed by atoms with van der Waals surface area (Å²) in [4.78, 5) is 13.2. The number of H-pyrrole nitrogens is 1. The minimum atomic E-state index is -4.44. The molecule has 1 saturated heterocycles. The molecule has 5 N–H and O–H groups in total. The summed E-state index contributed by atoms with van der Waals surface area (Å²) in [5, 5.41) is 13.2. The highest BCUT2D eigenvalue weighted by Gasteiger charge is 2.30. The highest BCUT2D eigenvalue weighted by atomic mass is 19.4. The Morgan fingerprint density at radius 3 is 2.42 bits per heavy atom. The van der Waals surface area contributed by atoms with Crippen molar-refractivity contribution in [3.8, 4) is 11.3 Å². The fourth-order valence-electron chi connectivity index (χ4n) is 3.89. The van der Waals surface area contributed by atoms with Crippen LogP contribution in [-0.2, 0) is 6.18 Å². The summed E-state index contributed by atoms with van der Waals surface area (Å²) in [7, 11) is 2.06. The van der Waals surface area contributed by atoms with Crippen LogP contribution in [0.4, 0.5) is 24.7 Å². The van der Waals surface area contributed by atoms with E-state index in [0.29, 0.717) is 28.6 Å². The van der Waals surface area contributed by atoms with Crippen molar-refractivity contribution in [2.75, 3.05) is 43.9 Å². The topological polar surface area (TPSA) is 110 Å². The van der Waals surface area contributed by atoms with Crippen LogP contribution in [0.3, 0.4) is 0 Å². The molecule has 1 aliphatic rings. The van der Waals surface area contributed by atoms with Gasteiger partial charge >= 0.3 is 6.18 Å². The van der Waals surface area contributed by atoms with Gasteiger partial charge in [-0.25, -0.2) is 0 Å². The molecule has 0 aliphatic carbocycles. The van der Waals surface area contributed by atoms with Crippen LogP contribution in [0.2, 0.25) is 0 Å². The number of aromatic nitrogens is 2. The molecule has 2 heterocycles. The molecule has 0 saturated carbocycles. The fraction of sp³-hybridized carbons (Fsp3) is 0.269. The van der Waals surface area contributed by atoms with Gasteiger partial charge in [0.1, 0.15) is 5.82 Å². The number of benzene rings is 2. The predicted molar refractivity (Wildman–Crippen MR) is 145 cm³/mol. The summed E-state index contributed by atoms with van der Waals surface area (Å²) in [6, 6.07) is 14.4. The normalized spacial score (nSPS) is 15.4. The summed E-state index contributed by atoms with van der Waals surface area (Å²) < 4.78 is 39.5. The zero-order valence-electron chi connectivity index (χ0n) is 21.2. The molecule has 3 aromatic rings. The quantitative estimate of drug-likeness (QED) is 0.292. The van der Waals surface area contributed by atoms with Crippen molar-refractivity contribution in [3.63, 3.8) is 0 Å². The summed E-state index contributed by atoms with van der Waals surface area (Å²) in [6.45, 7) is 8.93. The summed E-state index contributed by atoms with van der Waals surface area (Å²) in [6.07, 6.45) is -4.44. The fourth-order valence-corrected chi connectivity index (χ4v) is 3.89. The maximum Gasteiger partial charge on any atom is 0.416 e. The van der Waals surface area contributed by atoms with E-state index < -0.39 is 11.7 Å². The number of nitrogens with two attached hydrogens (primary N) is 1. The zero-order valence-corrected chi connectivity index (χ0v) is 21.2. The number of piperazine rings is 1. The molecule has 1 aliphatic heterocycles. The van der Waals surface area contributed by atoms with E-state index in [2.05, 4.69) is 49.3 Å². The molecule has 0 radical (unpaired) electrons. The van der Waals surface area contributed by atoms with Crippen LogP contribution >= 0.6 is 0 Å². The molecular weight excluding hydrogens is 495 g/mol. The average Bonchev–Trinajstić information content (AvgIpc) is 3.24. The lowest BCUT2D eigenvalue weighted by Crippen LogP contribution is -2.50. The van der Waals surface area contributed by atoms with Crippen molar-refractivity contribution in [2.45, 2.75) is 13.1 Å². The van der Waals surface area contributed by atoms with Gasteiger partial charge in [0.05, 0.1) is 11.3 Å². The van der Waals surface area contributed by atoms with Gasteiger partial charge in [0.2, 0.25) is 5.96 Å². The van der Waals surface area contributed by atoms with Gasteiger partial charge in [-0.2, -0.15) is 28.3 Å². The molecule has 38 heavy (non-hydrogen) atoms. The van der Waals surface area contributed by atoms with Crippen LogP contribution in [0.25, 0.3) is 11.3 Å². The molecule has 0 amide bonds. The van der Waals surface area contributed by atoms with Gasteiger partial charge in [0.25, 0.3) is 0 Å². The minimum Gasteiger partial charge on any atom is -0.369 e. The van der Waals surface area contributed by atoms with E-state index in [1.165, 1.54) is 6.07 Å². The second kappa shape index (κ2) is 11.4. The third kappa shape index (κ3) is 6.71. The van der Waals surface area contributed by atoms with Crippen molar-refractivity contribution in [1.82, 2.24) is 20.0 Å². The lowest BCUT2D eigenvalue weighted by molar-refractivity contribution is -0.137. The van der Waals surface area contributed by atoms with Crippen LogP contribution < -0.4 is 16.4 Å². The van der Waals surface area contributed by atoms with Gasteiger partial charge in [-0.05, 0) is 38.2 Å². The number of anilines is 2. The van der Waals surface area contributed by atoms with Gasteiger partial charge in [-0.15, -0.1) is 0 Å². The van der Waals surface area contributed by atoms with Crippen LogP contribution in [0, 0.1) is 6.92 Å². The van der Waals surface area contributed by atoms with Gasteiger partial charge in [-0.3, -0.25) is 5.10 Å². The smallest absolute Gasteiger partial charge is 0.369 e. The molecule has 200 valence electrons. The van der Waals surface area contributed by atoms with Gasteiger partial charge in [0, 0.05) is 43.0 Å². The molecule has 2 aromatic carbocycles. The third-order valence-corrected chi connectivity index (χ3v) is 6.07. The SMILES string of the molecule is C=C(N=C(N=C(N)N1CCN(C)CC1)Nc1ccccc1)Nc1n[nH]c(-c2cccc(C(F)(F)F)c2)c1C. The standard InChI is InChI=1S/C26H30F3N9/c1-17-22(19-8-7-9-20(16-19)26(27,28)29)35-36-23(17)31-18(2)32-25(33-21-10-5-4-6-11-21)34-24(30)38-14-12-37(3)13-15-38/h4-11,16H,2,12-15H2,1,3H3,(H2,31,35,36)(H3,30,32,33,34). The number of hydrogen-bond donors (Lipinski definition) is 4. The average molecular weight is 526 g/mol. The number of nitrogens with zero attached hydrogens (tertiary/aromatic N) is 5. The molecule has 12 heteroatoms. The molecule has 9 nitrogen and oxygen atoms in total. The van der Waals surface area contributed by atoms with Crippen molar-refractivity contribution in [3.05, 3.63) is 78.1 Å². The molecule has 0 unspecified atom stereocenters. The lowest BCUT2D eigenvalue weighted by atomic mass is 10.1. The monoisotopic (exact) mass is 525 g/mol. The van der Waals surface area contributed by atoms with Crippen LogP contribution in [0.1, 0.15) is 11.1 Å². The molecular formula is C26H30F3N9. The number of guanidine groups is 2. The first-order chi connectivity index (χ1) is 18.1. The van der Waals surface area contributed by atoms with E-state index in [0.717, 1.165) is 44.0 Å². The number of halogens is 3. The van der Waals surface area contributed by atoms with Crippen molar-refractivity contribution in [1.29, 1.82) is 0 Å². The van der Waals surface area contributed by atoms with Gasteiger partial charge < -0.3 is 26.2 Å². The van der Waals surface area contributed by atoms with E-state index >= 15 is 0 Å². The largest absolute Gasteiger partial charge is 0.416 e. The van der Waals surface area contributed by atoms with Crippen LogP contribution in [0.15, 0.2) is 77.0 Å². The molecule has 0 bridgehead atoms. The maximum atomic E-state index is 13.2. The predicted octanol–water partition coefficient (Wildman–Crippen LogP) is 4.32. The summed E-state index contributed by atoms with van der Waals surface area (Å²) in [5.74, 6) is 1.14. The second-order valence-corrected chi connectivity index (χ2v) is 8.91. The number of hydrogen-bond acceptors (Lipinski definition) is 4. The van der Waals surface area contributed by atoms with Crippen molar-refractivity contribution < 1.29 is 13.2 Å². The first-order valence-electron chi connectivity index (χ1n) is 12.0. The molecule has 1 fully saturated rings. The van der Waals surface area contributed by atoms with E-state index in [9.17, 15) is 13.2 Å².